The third-order valence-corrected chi connectivity index (χ3v) is 6.52. The summed E-state index contributed by atoms with van der Waals surface area (Å²) in [4.78, 5) is 38.9. The zero-order chi connectivity index (χ0) is 20.5. The number of amides is 2. The van der Waals surface area contributed by atoms with E-state index in [9.17, 15) is 28.1 Å². The van der Waals surface area contributed by atoms with Gasteiger partial charge in [0.2, 0.25) is 0 Å². The molecule has 2 heterocycles. The Balaban J connectivity index is 1.62. The van der Waals surface area contributed by atoms with Crippen LogP contribution in [0.1, 0.15) is 20.0 Å². The van der Waals surface area contributed by atoms with E-state index >= 15 is 0 Å². The molecule has 0 spiro atoms. The number of carbonyl (C=O) groups is 2. The maximum absolute atomic E-state index is 12.6. The minimum absolute atomic E-state index is 0.0882. The lowest BCUT2D eigenvalue weighted by molar-refractivity contribution is -0.380. The highest BCUT2D eigenvalue weighted by atomic mass is 32.2. The first-order chi connectivity index (χ1) is 13.2. The van der Waals surface area contributed by atoms with Gasteiger partial charge in [-0.15, -0.1) is 0 Å². The van der Waals surface area contributed by atoms with Crippen LogP contribution in [0.15, 0.2) is 41.3 Å². The van der Waals surface area contributed by atoms with Crippen molar-refractivity contribution < 1.29 is 22.9 Å². The second-order valence-corrected chi connectivity index (χ2v) is 9.35. The van der Waals surface area contributed by atoms with Crippen LogP contribution in [0.3, 0.4) is 0 Å². The second-order valence-electron chi connectivity index (χ2n) is 6.28. The fourth-order valence-electron chi connectivity index (χ4n) is 2.84. The quantitative estimate of drug-likeness (QED) is 0.545. The lowest BCUT2D eigenvalue weighted by Gasteiger charge is -2.34. The fraction of sp³-hybridized carbons (Fsp3) is 0.294. The van der Waals surface area contributed by atoms with E-state index in [1.807, 2.05) is 0 Å². The highest BCUT2D eigenvalue weighted by Crippen LogP contribution is 2.25. The Morgan fingerprint density at radius 1 is 0.964 bits per heavy atom. The lowest BCUT2D eigenvalue weighted by atomic mass is 10.2. The summed E-state index contributed by atoms with van der Waals surface area (Å²) < 4.78 is 23.0. The van der Waals surface area contributed by atoms with Gasteiger partial charge < -0.3 is 9.80 Å². The van der Waals surface area contributed by atoms with Gasteiger partial charge in [-0.05, 0) is 30.3 Å². The minimum atomic E-state index is -3.33. The topological polar surface area (TPSA) is 118 Å². The molecule has 0 bridgehead atoms. The molecule has 0 N–H and O–H groups in total. The van der Waals surface area contributed by atoms with Crippen molar-refractivity contribution in [3.63, 3.8) is 0 Å². The summed E-state index contributed by atoms with van der Waals surface area (Å²) in [6, 6.07) is 8.48. The predicted octanol–water partition coefficient (Wildman–Crippen LogP) is 1.66. The van der Waals surface area contributed by atoms with E-state index in [1.165, 1.54) is 36.4 Å². The normalized spacial score (nSPS) is 14.8. The second kappa shape index (κ2) is 7.68. The number of piperazine rings is 1. The Hall–Kier alpha value is -2.79. The Morgan fingerprint density at radius 2 is 1.50 bits per heavy atom. The Morgan fingerprint density at radius 3 is 1.96 bits per heavy atom. The van der Waals surface area contributed by atoms with Gasteiger partial charge >= 0.3 is 5.00 Å². The Kier molecular flexibility index (Phi) is 5.47. The molecule has 1 aromatic carbocycles. The summed E-state index contributed by atoms with van der Waals surface area (Å²) >= 11 is 0.830. The van der Waals surface area contributed by atoms with Gasteiger partial charge in [-0.3, -0.25) is 19.7 Å². The van der Waals surface area contributed by atoms with E-state index < -0.39 is 14.8 Å². The molecule has 148 valence electrons. The molecular weight excluding hydrogens is 406 g/mol. The van der Waals surface area contributed by atoms with Crippen molar-refractivity contribution in [1.29, 1.82) is 0 Å². The molecule has 3 rings (SSSR count). The third-order valence-electron chi connectivity index (χ3n) is 4.37. The van der Waals surface area contributed by atoms with Gasteiger partial charge in [0.15, 0.2) is 9.84 Å². The van der Waals surface area contributed by atoms with Crippen LogP contribution in [-0.2, 0) is 9.84 Å². The number of rotatable bonds is 4. The average molecular weight is 423 g/mol. The summed E-state index contributed by atoms with van der Waals surface area (Å²) in [6.45, 7) is 1.28. The number of nitrogens with zero attached hydrogens (tertiary/aromatic N) is 3. The molecule has 1 fully saturated rings. The van der Waals surface area contributed by atoms with E-state index in [0.717, 1.165) is 17.6 Å². The predicted molar refractivity (Wildman–Crippen MR) is 102 cm³/mol. The van der Waals surface area contributed by atoms with Crippen LogP contribution >= 0.6 is 11.3 Å². The molecule has 1 aromatic heterocycles. The first-order valence-electron chi connectivity index (χ1n) is 8.30. The molecule has 1 saturated heterocycles. The molecule has 11 heteroatoms. The van der Waals surface area contributed by atoms with Crippen molar-refractivity contribution in [2.45, 2.75) is 4.90 Å². The highest BCUT2D eigenvalue weighted by Gasteiger charge is 2.27. The van der Waals surface area contributed by atoms with Gasteiger partial charge in [0.25, 0.3) is 11.8 Å². The zero-order valence-corrected chi connectivity index (χ0v) is 16.5. The van der Waals surface area contributed by atoms with Crippen molar-refractivity contribution in [3.05, 3.63) is 57.0 Å². The van der Waals surface area contributed by atoms with Crippen LogP contribution in [0, 0.1) is 10.1 Å². The molecule has 28 heavy (non-hydrogen) atoms. The van der Waals surface area contributed by atoms with E-state index in [4.69, 9.17) is 0 Å². The van der Waals surface area contributed by atoms with Gasteiger partial charge in [-0.25, -0.2) is 8.42 Å². The largest absolute Gasteiger partial charge is 0.335 e. The molecule has 1 aliphatic rings. The van der Waals surface area contributed by atoms with Gasteiger partial charge in [0.05, 0.1) is 14.7 Å². The maximum Gasteiger partial charge on any atom is 0.324 e. The summed E-state index contributed by atoms with van der Waals surface area (Å²) in [5, 5.41) is 10.7. The summed E-state index contributed by atoms with van der Waals surface area (Å²) in [5.41, 5.74) is 0.376. The van der Waals surface area contributed by atoms with E-state index in [1.54, 1.807) is 9.80 Å². The van der Waals surface area contributed by atoms with Crippen molar-refractivity contribution >= 4 is 38.0 Å². The number of carbonyl (C=O) groups excluding carboxylic acids is 2. The number of hydrogen-bond acceptors (Lipinski definition) is 7. The fourth-order valence-corrected chi connectivity index (χ4v) is 4.26. The van der Waals surface area contributed by atoms with Crippen molar-refractivity contribution in [1.82, 2.24) is 9.80 Å². The molecule has 0 radical (unpaired) electrons. The van der Waals surface area contributed by atoms with Crippen LogP contribution in [0.2, 0.25) is 0 Å². The van der Waals surface area contributed by atoms with Gasteiger partial charge in [0.1, 0.15) is 0 Å². The summed E-state index contributed by atoms with van der Waals surface area (Å²) in [7, 11) is -3.33. The molecule has 0 unspecified atom stereocenters. The lowest BCUT2D eigenvalue weighted by Crippen LogP contribution is -2.50. The molecule has 9 nitrogen and oxygen atoms in total. The van der Waals surface area contributed by atoms with Gasteiger partial charge in [-0.1, -0.05) is 11.3 Å². The smallest absolute Gasteiger partial charge is 0.324 e. The van der Waals surface area contributed by atoms with E-state index in [-0.39, 0.29) is 21.7 Å². The van der Waals surface area contributed by atoms with Crippen molar-refractivity contribution in [3.8, 4) is 0 Å². The van der Waals surface area contributed by atoms with Gasteiger partial charge in [0, 0.05) is 44.1 Å². The molecule has 2 amide bonds. The van der Waals surface area contributed by atoms with Crippen LogP contribution < -0.4 is 0 Å². The number of thiophene rings is 1. The van der Waals surface area contributed by atoms with Crippen molar-refractivity contribution in [2.75, 3.05) is 32.4 Å². The summed E-state index contributed by atoms with van der Waals surface area (Å²) in [5.74, 6) is -0.526. The first-order valence-corrected chi connectivity index (χ1v) is 11.0. The monoisotopic (exact) mass is 423 g/mol. The van der Waals surface area contributed by atoms with Crippen LogP contribution in [0.4, 0.5) is 5.00 Å². The van der Waals surface area contributed by atoms with Gasteiger partial charge in [-0.2, -0.15) is 0 Å². The molecule has 0 saturated carbocycles. The van der Waals surface area contributed by atoms with E-state index in [2.05, 4.69) is 0 Å². The average Bonchev–Trinajstić information content (AvgIpc) is 3.17. The zero-order valence-electron chi connectivity index (χ0n) is 14.9. The minimum Gasteiger partial charge on any atom is -0.335 e. The third kappa shape index (κ3) is 4.20. The number of benzene rings is 1. The SMILES string of the molecule is CS(=O)(=O)c1ccc(C(=O)N2CCN(C(=O)c3ccc([N+](=O)[O-])s3)CC2)cc1. The van der Waals surface area contributed by atoms with E-state index in [0.29, 0.717) is 36.6 Å². The van der Waals surface area contributed by atoms with Crippen molar-refractivity contribution in [2.24, 2.45) is 0 Å². The Labute approximate surface area is 165 Å². The van der Waals surface area contributed by atoms with Crippen LogP contribution in [-0.4, -0.2) is 67.4 Å². The van der Waals surface area contributed by atoms with Crippen LogP contribution in [0.5, 0.6) is 0 Å². The summed E-state index contributed by atoms with van der Waals surface area (Å²) in [6.07, 6.45) is 1.10. The molecule has 0 aliphatic carbocycles. The highest BCUT2D eigenvalue weighted by molar-refractivity contribution is 7.90. The molecule has 2 aromatic rings. The number of hydrogen-bond donors (Lipinski definition) is 0. The van der Waals surface area contributed by atoms with Crippen LogP contribution in [0.25, 0.3) is 0 Å². The first kappa shape index (κ1) is 20.0. The molecule has 0 atom stereocenters. The number of sulfone groups is 1. The molecular formula is C17H17N3O6S2. The Bertz CT molecular complexity index is 1020. The molecule has 1 aliphatic heterocycles. The standard InChI is InChI=1S/C17H17N3O6S2/c1-28(25,26)13-4-2-12(3-5-13)16(21)18-8-10-19(11-9-18)17(22)14-6-7-15(27-14)20(23)24/h2-7H,8-11H2,1H3. The maximum atomic E-state index is 12.6. The number of nitro groups is 1.